The van der Waals surface area contributed by atoms with Crippen molar-refractivity contribution in [2.75, 3.05) is 19.6 Å². The molecule has 1 saturated carbocycles. The maximum Gasteiger partial charge on any atom is 0.257 e. The van der Waals surface area contributed by atoms with Crippen LogP contribution >= 0.6 is 0 Å². The summed E-state index contributed by atoms with van der Waals surface area (Å²) in [5.74, 6) is 1.21. The molecule has 5 heterocycles. The molecule has 0 spiro atoms. The molecule has 4 atom stereocenters. The van der Waals surface area contributed by atoms with E-state index in [0.29, 0.717) is 36.2 Å². The molecule has 1 N–H and O–H groups in total. The van der Waals surface area contributed by atoms with Crippen LogP contribution in [0.4, 0.5) is 4.39 Å². The van der Waals surface area contributed by atoms with Gasteiger partial charge in [-0.15, -0.1) is 0 Å². The highest BCUT2D eigenvalue weighted by atomic mass is 19.1. The molecule has 3 fully saturated rings. The van der Waals surface area contributed by atoms with E-state index in [2.05, 4.69) is 33.4 Å². The molecular formula is C30H30FN7O2. The number of hydrogen-bond donors (Lipinski definition) is 1. The van der Waals surface area contributed by atoms with Gasteiger partial charge in [0.15, 0.2) is 0 Å². The fraction of sp³-hybridized carbons (Fsp3) is 0.367. The maximum absolute atomic E-state index is 13.6. The van der Waals surface area contributed by atoms with Crippen LogP contribution in [-0.4, -0.2) is 61.3 Å². The molecule has 204 valence electrons. The van der Waals surface area contributed by atoms with Crippen molar-refractivity contribution in [3.8, 4) is 23.1 Å². The van der Waals surface area contributed by atoms with Crippen molar-refractivity contribution in [1.29, 1.82) is 0 Å². The number of ether oxygens (including phenoxy) is 1. The molecule has 7 rings (SSSR count). The molecule has 1 aromatic carbocycles. The third-order valence-electron chi connectivity index (χ3n) is 8.49. The van der Waals surface area contributed by atoms with Gasteiger partial charge < -0.3 is 15.0 Å². The van der Waals surface area contributed by atoms with Crippen LogP contribution in [0.2, 0.25) is 0 Å². The second kappa shape index (κ2) is 9.48. The first-order valence-electron chi connectivity index (χ1n) is 13.7. The lowest BCUT2D eigenvalue weighted by Gasteiger charge is -2.26. The molecule has 10 heteroatoms. The highest BCUT2D eigenvalue weighted by Crippen LogP contribution is 2.48. The fourth-order valence-electron chi connectivity index (χ4n) is 6.10. The highest BCUT2D eigenvalue weighted by Gasteiger charge is 2.59. The van der Waals surface area contributed by atoms with Gasteiger partial charge in [-0.3, -0.25) is 4.79 Å². The molecule has 3 aromatic heterocycles. The molecule has 2 aliphatic heterocycles. The van der Waals surface area contributed by atoms with Crippen molar-refractivity contribution in [1.82, 2.24) is 34.9 Å². The molecule has 0 bridgehead atoms. The maximum atomic E-state index is 13.6. The molecule has 1 amide bonds. The number of halogens is 1. The zero-order valence-corrected chi connectivity index (χ0v) is 22.4. The van der Waals surface area contributed by atoms with E-state index < -0.39 is 0 Å². The third kappa shape index (κ3) is 4.42. The zero-order chi connectivity index (χ0) is 27.4. The Bertz CT molecular complexity index is 1550. The number of pyridine rings is 1. The summed E-state index contributed by atoms with van der Waals surface area (Å²) in [5, 5.41) is 8.07. The monoisotopic (exact) mass is 539 g/mol. The van der Waals surface area contributed by atoms with E-state index in [1.807, 2.05) is 17.9 Å². The smallest absolute Gasteiger partial charge is 0.257 e. The van der Waals surface area contributed by atoms with Gasteiger partial charge in [-0.2, -0.15) is 5.10 Å². The van der Waals surface area contributed by atoms with Crippen LogP contribution in [-0.2, 0) is 5.54 Å². The third-order valence-corrected chi connectivity index (χ3v) is 8.49. The number of piperidine rings is 1. The predicted octanol–water partition coefficient (Wildman–Crippen LogP) is 3.92. The topological polar surface area (TPSA) is 98.1 Å². The molecule has 9 nitrogen and oxygen atoms in total. The van der Waals surface area contributed by atoms with Crippen LogP contribution in [0.25, 0.3) is 17.2 Å². The van der Waals surface area contributed by atoms with Crippen LogP contribution in [0.15, 0.2) is 61.1 Å². The molecular weight excluding hydrogens is 509 g/mol. The van der Waals surface area contributed by atoms with Gasteiger partial charge in [-0.1, -0.05) is 0 Å². The highest BCUT2D eigenvalue weighted by molar-refractivity contribution is 5.95. The molecule has 4 aromatic rings. The van der Waals surface area contributed by atoms with Gasteiger partial charge in [0.25, 0.3) is 5.91 Å². The van der Waals surface area contributed by atoms with E-state index in [0.717, 1.165) is 36.2 Å². The van der Waals surface area contributed by atoms with E-state index in [1.165, 1.54) is 12.1 Å². The Kier molecular flexibility index (Phi) is 5.88. The Hall–Kier alpha value is -4.18. The summed E-state index contributed by atoms with van der Waals surface area (Å²) in [6.07, 6.45) is 7.14. The van der Waals surface area contributed by atoms with Crippen molar-refractivity contribution in [2.45, 2.75) is 38.3 Å². The van der Waals surface area contributed by atoms with Crippen molar-refractivity contribution < 1.29 is 13.9 Å². The predicted molar refractivity (Wildman–Crippen MR) is 145 cm³/mol. The van der Waals surface area contributed by atoms with E-state index in [-0.39, 0.29) is 35.2 Å². The molecule has 0 radical (unpaired) electrons. The van der Waals surface area contributed by atoms with E-state index in [9.17, 15) is 9.18 Å². The molecule has 2 saturated heterocycles. The molecule has 3 aliphatic rings. The lowest BCUT2D eigenvalue weighted by Crippen LogP contribution is -2.34. The number of aromatic nitrogens is 5. The summed E-state index contributed by atoms with van der Waals surface area (Å²) in [5.41, 5.74) is 3.77. The summed E-state index contributed by atoms with van der Waals surface area (Å²) >= 11 is 0. The number of nitrogens with zero attached hydrogens (tertiary/aromatic N) is 6. The summed E-state index contributed by atoms with van der Waals surface area (Å²) in [4.78, 5) is 28.5. The van der Waals surface area contributed by atoms with Gasteiger partial charge in [0, 0.05) is 60.7 Å². The first-order valence-corrected chi connectivity index (χ1v) is 13.7. The van der Waals surface area contributed by atoms with Crippen molar-refractivity contribution >= 4 is 5.91 Å². The molecule has 40 heavy (non-hydrogen) atoms. The van der Waals surface area contributed by atoms with Crippen LogP contribution in [0.3, 0.4) is 0 Å². The quantitative estimate of drug-likeness (QED) is 0.397. The summed E-state index contributed by atoms with van der Waals surface area (Å²) in [6.45, 7) is 6.26. The number of carbonyl (C=O) groups is 1. The Morgan fingerprint density at radius 3 is 2.58 bits per heavy atom. The van der Waals surface area contributed by atoms with Gasteiger partial charge in [-0.25, -0.2) is 24.0 Å². The number of nitrogens with one attached hydrogen (secondary N) is 1. The first-order chi connectivity index (χ1) is 19.4. The average molecular weight is 540 g/mol. The second-order valence-electron chi connectivity index (χ2n) is 11.2. The number of likely N-dealkylation sites (tertiary alicyclic amines) is 1. The summed E-state index contributed by atoms with van der Waals surface area (Å²) < 4.78 is 21.6. The number of aryl methyl sites for hydroxylation is 1. The Morgan fingerprint density at radius 1 is 1.12 bits per heavy atom. The Morgan fingerprint density at radius 2 is 1.88 bits per heavy atom. The van der Waals surface area contributed by atoms with Gasteiger partial charge in [0.2, 0.25) is 11.8 Å². The Balaban J connectivity index is 1.07. The van der Waals surface area contributed by atoms with E-state index in [1.54, 1.807) is 41.5 Å². The van der Waals surface area contributed by atoms with Crippen LogP contribution in [0.1, 0.15) is 41.4 Å². The van der Waals surface area contributed by atoms with Crippen molar-refractivity contribution in [3.05, 3.63) is 83.7 Å². The van der Waals surface area contributed by atoms with Crippen molar-refractivity contribution in [2.24, 2.45) is 11.8 Å². The van der Waals surface area contributed by atoms with Crippen molar-refractivity contribution in [3.63, 3.8) is 0 Å². The fourth-order valence-corrected chi connectivity index (χ4v) is 6.10. The van der Waals surface area contributed by atoms with Crippen LogP contribution in [0.5, 0.6) is 5.88 Å². The SMILES string of the molecule is Cc1nn(-c2ncccn2)cc1C(=O)N1CC2[C@@H](C1)[C@@H]2Oc1cc(C2(C)CCCN2)cc(-c2ccc(F)cc2)n1. The van der Waals surface area contributed by atoms with Gasteiger partial charge in [0.05, 0.1) is 17.0 Å². The largest absolute Gasteiger partial charge is 0.474 e. The van der Waals surface area contributed by atoms with Gasteiger partial charge in [-0.05, 0) is 75.2 Å². The summed E-state index contributed by atoms with van der Waals surface area (Å²) in [6, 6.07) is 12.3. The molecule has 1 aliphatic carbocycles. The van der Waals surface area contributed by atoms with Gasteiger partial charge in [0.1, 0.15) is 11.9 Å². The van der Waals surface area contributed by atoms with Crippen LogP contribution in [0, 0.1) is 24.6 Å². The normalized spacial score (nSPS) is 25.2. The summed E-state index contributed by atoms with van der Waals surface area (Å²) in [7, 11) is 0. The lowest BCUT2D eigenvalue weighted by atomic mass is 9.90. The number of amides is 1. The standard InChI is InChI=1S/C30H30FN7O2/c1-18-22(17-38(36-18)29-32-10-4-11-33-29)28(39)37-15-23-24(16-37)27(23)40-26-14-20(30(2)9-3-12-34-30)13-25(35-26)19-5-7-21(31)8-6-19/h4-8,10-11,13-14,17,23-24,27,34H,3,9,12,15-16H2,1-2H3/t23-,24?,27+,30?/m1/s1. The Labute approximate surface area is 231 Å². The number of rotatable bonds is 6. The lowest BCUT2D eigenvalue weighted by molar-refractivity contribution is 0.0751. The first kappa shape index (κ1) is 24.8. The number of fused-ring (bicyclic) bond motifs is 1. The average Bonchev–Trinajstić information content (AvgIpc) is 3.41. The minimum Gasteiger partial charge on any atom is -0.474 e. The minimum atomic E-state index is -0.276. The zero-order valence-electron chi connectivity index (χ0n) is 22.4. The minimum absolute atomic E-state index is 0.0127. The molecule has 2 unspecified atom stereocenters. The van der Waals surface area contributed by atoms with E-state index in [4.69, 9.17) is 9.72 Å². The number of benzene rings is 1. The van der Waals surface area contributed by atoms with E-state index >= 15 is 0 Å². The van der Waals surface area contributed by atoms with Gasteiger partial charge >= 0.3 is 0 Å². The number of carbonyl (C=O) groups excluding carboxylic acids is 1. The second-order valence-corrected chi connectivity index (χ2v) is 11.2. The van der Waals surface area contributed by atoms with Crippen LogP contribution < -0.4 is 10.1 Å². The number of hydrogen-bond acceptors (Lipinski definition) is 7.